The van der Waals surface area contributed by atoms with E-state index >= 15 is 0 Å². The summed E-state index contributed by atoms with van der Waals surface area (Å²) in [4.78, 5) is 36.0. The number of hydrogen-bond donors (Lipinski definition) is 3. The first kappa shape index (κ1) is 21.2. The molecule has 0 heterocycles. The first-order chi connectivity index (χ1) is 13.5. The summed E-state index contributed by atoms with van der Waals surface area (Å²) in [5, 5.41) is 5.35. The Labute approximate surface area is 165 Å². The van der Waals surface area contributed by atoms with Gasteiger partial charge in [0.1, 0.15) is 12.1 Å². The lowest BCUT2D eigenvalue weighted by Gasteiger charge is -2.21. The Bertz CT molecular complexity index is 778. The molecule has 148 valence electrons. The second-order valence-corrected chi connectivity index (χ2v) is 6.78. The molecule has 2 aromatic rings. The van der Waals surface area contributed by atoms with Crippen molar-refractivity contribution in [2.45, 2.75) is 44.7 Å². The van der Waals surface area contributed by atoms with Crippen LogP contribution in [-0.2, 0) is 27.2 Å². The molecule has 0 saturated carbocycles. The second kappa shape index (κ2) is 10.9. The van der Waals surface area contributed by atoms with Gasteiger partial charge in [0.2, 0.25) is 17.7 Å². The van der Waals surface area contributed by atoms with Crippen LogP contribution in [0, 0.1) is 0 Å². The summed E-state index contributed by atoms with van der Waals surface area (Å²) in [5.74, 6) is -1.30. The fraction of sp³-hybridized carbons (Fsp3) is 0.318. The number of aryl methyl sites for hydroxylation is 1. The zero-order valence-electron chi connectivity index (χ0n) is 16.1. The molecule has 0 aliphatic carbocycles. The van der Waals surface area contributed by atoms with Gasteiger partial charge in [-0.15, -0.1) is 0 Å². The van der Waals surface area contributed by atoms with Crippen molar-refractivity contribution in [2.75, 3.05) is 0 Å². The predicted molar refractivity (Wildman–Crippen MR) is 108 cm³/mol. The van der Waals surface area contributed by atoms with Gasteiger partial charge in [-0.05, 0) is 30.4 Å². The number of carbonyl (C=O) groups excluding carboxylic acids is 3. The van der Waals surface area contributed by atoms with Gasteiger partial charge in [-0.2, -0.15) is 0 Å². The van der Waals surface area contributed by atoms with Crippen molar-refractivity contribution in [3.63, 3.8) is 0 Å². The Kier molecular flexibility index (Phi) is 8.21. The molecule has 3 amide bonds. The van der Waals surface area contributed by atoms with Crippen molar-refractivity contribution in [1.29, 1.82) is 0 Å². The zero-order chi connectivity index (χ0) is 20.4. The highest BCUT2D eigenvalue weighted by molar-refractivity contribution is 5.91. The van der Waals surface area contributed by atoms with Gasteiger partial charge in [0.15, 0.2) is 0 Å². The summed E-state index contributed by atoms with van der Waals surface area (Å²) in [7, 11) is 0. The average Bonchev–Trinajstić information content (AvgIpc) is 2.67. The molecule has 2 aromatic carbocycles. The summed E-state index contributed by atoms with van der Waals surface area (Å²) >= 11 is 0. The number of nitrogens with one attached hydrogen (secondary N) is 2. The smallest absolute Gasteiger partial charge is 0.243 e. The van der Waals surface area contributed by atoms with Crippen LogP contribution in [0.3, 0.4) is 0 Å². The third kappa shape index (κ3) is 7.23. The van der Waals surface area contributed by atoms with Crippen molar-refractivity contribution in [3.05, 3.63) is 71.8 Å². The fourth-order valence-corrected chi connectivity index (χ4v) is 3.02. The molecule has 4 N–H and O–H groups in total. The first-order valence-electron chi connectivity index (χ1n) is 9.40. The SMILES string of the molecule is CC(=O)N[C@H](Cc1ccccc1)C(=O)N[C@@H](CCCc1ccccc1)C(N)=O. The molecule has 0 fully saturated rings. The highest BCUT2D eigenvalue weighted by Crippen LogP contribution is 2.08. The lowest BCUT2D eigenvalue weighted by atomic mass is 10.0. The van der Waals surface area contributed by atoms with Crippen molar-refractivity contribution in [1.82, 2.24) is 10.6 Å². The molecule has 0 saturated heterocycles. The van der Waals surface area contributed by atoms with E-state index in [2.05, 4.69) is 10.6 Å². The van der Waals surface area contributed by atoms with Crippen LogP contribution in [0.15, 0.2) is 60.7 Å². The summed E-state index contributed by atoms with van der Waals surface area (Å²) < 4.78 is 0. The minimum absolute atomic E-state index is 0.309. The molecule has 0 unspecified atom stereocenters. The van der Waals surface area contributed by atoms with Crippen molar-refractivity contribution in [2.24, 2.45) is 5.73 Å². The van der Waals surface area contributed by atoms with Gasteiger partial charge in [-0.25, -0.2) is 0 Å². The van der Waals surface area contributed by atoms with E-state index in [4.69, 9.17) is 5.73 Å². The third-order valence-electron chi connectivity index (χ3n) is 4.44. The summed E-state index contributed by atoms with van der Waals surface area (Å²) in [6.07, 6.45) is 2.27. The van der Waals surface area contributed by atoms with Crippen LogP contribution in [0.4, 0.5) is 0 Å². The molecule has 28 heavy (non-hydrogen) atoms. The van der Waals surface area contributed by atoms with Crippen LogP contribution in [0.5, 0.6) is 0 Å². The quantitative estimate of drug-likeness (QED) is 0.584. The lowest BCUT2D eigenvalue weighted by Crippen LogP contribution is -2.53. The van der Waals surface area contributed by atoms with E-state index in [1.165, 1.54) is 6.92 Å². The number of rotatable bonds is 10. The number of carbonyl (C=O) groups is 3. The maximum atomic E-state index is 12.7. The normalized spacial score (nSPS) is 12.6. The third-order valence-corrected chi connectivity index (χ3v) is 4.44. The minimum atomic E-state index is -0.775. The standard InChI is InChI=1S/C22H27N3O3/c1-16(26)24-20(15-18-11-6-3-7-12-18)22(28)25-19(21(23)27)14-8-13-17-9-4-2-5-10-17/h2-7,9-12,19-20H,8,13-15H2,1H3,(H2,23,27)(H,24,26)(H,25,28)/t19-,20+/m0/s1. The Morgan fingerprint density at radius 1 is 0.857 bits per heavy atom. The topological polar surface area (TPSA) is 101 Å². The van der Waals surface area contributed by atoms with Crippen molar-refractivity contribution >= 4 is 17.7 Å². The number of hydrogen-bond acceptors (Lipinski definition) is 3. The predicted octanol–water partition coefficient (Wildman–Crippen LogP) is 1.73. The Balaban J connectivity index is 1.96. The number of primary amides is 1. The molecule has 6 nitrogen and oxygen atoms in total. The van der Waals surface area contributed by atoms with Crippen molar-refractivity contribution < 1.29 is 14.4 Å². The number of amides is 3. The Morgan fingerprint density at radius 3 is 1.96 bits per heavy atom. The maximum Gasteiger partial charge on any atom is 0.243 e. The Hall–Kier alpha value is -3.15. The molecule has 0 radical (unpaired) electrons. The van der Waals surface area contributed by atoms with Crippen LogP contribution in [0.25, 0.3) is 0 Å². The van der Waals surface area contributed by atoms with Crippen LogP contribution in [0.1, 0.15) is 30.9 Å². The van der Waals surface area contributed by atoms with Gasteiger partial charge in [0, 0.05) is 13.3 Å². The summed E-state index contributed by atoms with van der Waals surface area (Å²) in [6.45, 7) is 1.36. The van der Waals surface area contributed by atoms with Crippen LogP contribution < -0.4 is 16.4 Å². The molecule has 0 bridgehead atoms. The van der Waals surface area contributed by atoms with E-state index in [1.54, 1.807) is 0 Å². The van der Waals surface area contributed by atoms with E-state index in [0.717, 1.165) is 17.5 Å². The monoisotopic (exact) mass is 381 g/mol. The highest BCUT2D eigenvalue weighted by Gasteiger charge is 2.25. The molecule has 0 aliphatic rings. The maximum absolute atomic E-state index is 12.7. The summed E-state index contributed by atoms with van der Waals surface area (Å²) in [5.41, 5.74) is 7.55. The molecular weight excluding hydrogens is 354 g/mol. The average molecular weight is 381 g/mol. The molecule has 2 rings (SSSR count). The summed E-state index contributed by atoms with van der Waals surface area (Å²) in [6, 6.07) is 17.8. The van der Waals surface area contributed by atoms with Crippen LogP contribution >= 0.6 is 0 Å². The zero-order valence-corrected chi connectivity index (χ0v) is 16.1. The minimum Gasteiger partial charge on any atom is -0.368 e. The lowest BCUT2D eigenvalue weighted by molar-refractivity contribution is -0.130. The van der Waals surface area contributed by atoms with E-state index in [0.29, 0.717) is 19.3 Å². The van der Waals surface area contributed by atoms with Gasteiger partial charge in [-0.3, -0.25) is 14.4 Å². The highest BCUT2D eigenvalue weighted by atomic mass is 16.2. The van der Waals surface area contributed by atoms with Gasteiger partial charge in [0.25, 0.3) is 0 Å². The van der Waals surface area contributed by atoms with Gasteiger partial charge in [-0.1, -0.05) is 60.7 Å². The van der Waals surface area contributed by atoms with Gasteiger partial charge >= 0.3 is 0 Å². The van der Waals surface area contributed by atoms with Crippen LogP contribution in [-0.4, -0.2) is 29.8 Å². The van der Waals surface area contributed by atoms with E-state index in [-0.39, 0.29) is 5.91 Å². The molecule has 6 heteroatoms. The second-order valence-electron chi connectivity index (χ2n) is 6.78. The van der Waals surface area contributed by atoms with Gasteiger partial charge in [0.05, 0.1) is 0 Å². The number of nitrogens with two attached hydrogens (primary N) is 1. The molecule has 0 aromatic heterocycles. The molecular formula is C22H27N3O3. The first-order valence-corrected chi connectivity index (χ1v) is 9.40. The fourth-order valence-electron chi connectivity index (χ4n) is 3.02. The van der Waals surface area contributed by atoms with E-state index in [9.17, 15) is 14.4 Å². The van der Waals surface area contributed by atoms with Gasteiger partial charge < -0.3 is 16.4 Å². The molecule has 0 spiro atoms. The number of benzene rings is 2. The van der Waals surface area contributed by atoms with Crippen molar-refractivity contribution in [3.8, 4) is 0 Å². The van der Waals surface area contributed by atoms with E-state index in [1.807, 2.05) is 60.7 Å². The molecule has 0 aliphatic heterocycles. The van der Waals surface area contributed by atoms with Crippen LogP contribution in [0.2, 0.25) is 0 Å². The molecule has 2 atom stereocenters. The van der Waals surface area contributed by atoms with E-state index < -0.39 is 23.9 Å². The Morgan fingerprint density at radius 2 is 1.43 bits per heavy atom. The largest absolute Gasteiger partial charge is 0.368 e.